The molecule has 1 aromatic rings. The van der Waals surface area contributed by atoms with E-state index in [1.54, 1.807) is 7.11 Å². The van der Waals surface area contributed by atoms with E-state index in [9.17, 15) is 4.79 Å². The molecule has 0 spiro atoms. The van der Waals surface area contributed by atoms with Gasteiger partial charge in [-0.05, 0) is 30.7 Å². The van der Waals surface area contributed by atoms with Crippen molar-refractivity contribution >= 4 is 5.91 Å². The lowest BCUT2D eigenvalue weighted by atomic mass is 10.0. The molecule has 5 heteroatoms. The van der Waals surface area contributed by atoms with Crippen LogP contribution in [0.25, 0.3) is 0 Å². The van der Waals surface area contributed by atoms with Gasteiger partial charge in [0.2, 0.25) is 5.91 Å². The molecule has 0 radical (unpaired) electrons. The SMILES string of the molecule is CCCCN(CC(N)=O)C(CN)c1ccc(OC)cc1. The van der Waals surface area contributed by atoms with Gasteiger partial charge in [-0.25, -0.2) is 0 Å². The number of rotatable bonds is 9. The topological polar surface area (TPSA) is 81.6 Å². The number of hydrogen-bond donors (Lipinski definition) is 2. The smallest absolute Gasteiger partial charge is 0.231 e. The van der Waals surface area contributed by atoms with Crippen LogP contribution >= 0.6 is 0 Å². The Hall–Kier alpha value is -1.59. The monoisotopic (exact) mass is 279 g/mol. The molecule has 1 amide bonds. The Morgan fingerprint density at radius 2 is 2.00 bits per heavy atom. The fourth-order valence-corrected chi connectivity index (χ4v) is 2.23. The minimum Gasteiger partial charge on any atom is -0.497 e. The first-order valence-electron chi connectivity index (χ1n) is 6.98. The predicted octanol–water partition coefficient (Wildman–Crippen LogP) is 1.28. The molecule has 0 aromatic heterocycles. The number of carbonyl (C=O) groups is 1. The number of hydrogen-bond acceptors (Lipinski definition) is 4. The summed E-state index contributed by atoms with van der Waals surface area (Å²) in [6, 6.07) is 7.77. The molecule has 0 fully saturated rings. The van der Waals surface area contributed by atoms with E-state index in [1.807, 2.05) is 29.2 Å². The van der Waals surface area contributed by atoms with Crippen molar-refractivity contribution < 1.29 is 9.53 Å². The second-order valence-corrected chi connectivity index (χ2v) is 4.82. The van der Waals surface area contributed by atoms with Crippen LogP contribution in [0.1, 0.15) is 31.4 Å². The van der Waals surface area contributed by atoms with Crippen molar-refractivity contribution in [3.63, 3.8) is 0 Å². The summed E-state index contributed by atoms with van der Waals surface area (Å²) in [6.45, 7) is 3.61. The van der Waals surface area contributed by atoms with E-state index >= 15 is 0 Å². The molecule has 0 saturated carbocycles. The third kappa shape index (κ3) is 4.83. The fraction of sp³-hybridized carbons (Fsp3) is 0.533. The summed E-state index contributed by atoms with van der Waals surface area (Å²) < 4.78 is 5.15. The number of primary amides is 1. The highest BCUT2D eigenvalue weighted by molar-refractivity contribution is 5.76. The summed E-state index contributed by atoms with van der Waals surface area (Å²) in [5.74, 6) is 0.479. The van der Waals surface area contributed by atoms with E-state index in [0.29, 0.717) is 6.54 Å². The van der Waals surface area contributed by atoms with Crippen LogP contribution in [0.4, 0.5) is 0 Å². The summed E-state index contributed by atoms with van der Waals surface area (Å²) in [7, 11) is 1.63. The molecule has 0 bridgehead atoms. The normalized spacial score (nSPS) is 12.4. The fourth-order valence-electron chi connectivity index (χ4n) is 2.23. The van der Waals surface area contributed by atoms with E-state index in [0.717, 1.165) is 30.7 Å². The largest absolute Gasteiger partial charge is 0.497 e. The van der Waals surface area contributed by atoms with Crippen LogP contribution in [-0.4, -0.2) is 37.6 Å². The van der Waals surface area contributed by atoms with E-state index < -0.39 is 0 Å². The zero-order valence-electron chi connectivity index (χ0n) is 12.3. The molecule has 0 aliphatic carbocycles. The molecule has 0 heterocycles. The highest BCUT2D eigenvalue weighted by Crippen LogP contribution is 2.22. The zero-order valence-corrected chi connectivity index (χ0v) is 12.3. The number of amides is 1. The summed E-state index contributed by atoms with van der Waals surface area (Å²) in [5, 5.41) is 0. The van der Waals surface area contributed by atoms with Crippen molar-refractivity contribution in [2.75, 3.05) is 26.7 Å². The summed E-state index contributed by atoms with van der Waals surface area (Å²) in [4.78, 5) is 13.3. The third-order valence-electron chi connectivity index (χ3n) is 3.32. The van der Waals surface area contributed by atoms with Gasteiger partial charge in [-0.1, -0.05) is 25.5 Å². The van der Waals surface area contributed by atoms with Gasteiger partial charge in [-0.2, -0.15) is 0 Å². The molecule has 1 aromatic carbocycles. The van der Waals surface area contributed by atoms with Gasteiger partial charge in [-0.3, -0.25) is 9.69 Å². The van der Waals surface area contributed by atoms with Crippen LogP contribution < -0.4 is 16.2 Å². The second-order valence-electron chi connectivity index (χ2n) is 4.82. The molecular formula is C15H25N3O2. The van der Waals surface area contributed by atoms with Crippen LogP contribution in [-0.2, 0) is 4.79 Å². The van der Waals surface area contributed by atoms with Crippen molar-refractivity contribution in [3.05, 3.63) is 29.8 Å². The van der Waals surface area contributed by atoms with Gasteiger partial charge in [0.1, 0.15) is 5.75 Å². The molecule has 112 valence electrons. The van der Waals surface area contributed by atoms with Crippen molar-refractivity contribution in [1.82, 2.24) is 4.90 Å². The van der Waals surface area contributed by atoms with Crippen molar-refractivity contribution in [3.8, 4) is 5.75 Å². The molecule has 4 N–H and O–H groups in total. The van der Waals surface area contributed by atoms with Gasteiger partial charge in [0.05, 0.1) is 13.7 Å². The van der Waals surface area contributed by atoms with Gasteiger partial charge in [0, 0.05) is 12.6 Å². The third-order valence-corrected chi connectivity index (χ3v) is 3.32. The van der Waals surface area contributed by atoms with E-state index in [1.165, 1.54) is 0 Å². The number of methoxy groups -OCH3 is 1. The van der Waals surface area contributed by atoms with Crippen LogP contribution in [0, 0.1) is 0 Å². The van der Waals surface area contributed by atoms with Crippen LogP contribution in [0.5, 0.6) is 5.75 Å². The van der Waals surface area contributed by atoms with Crippen LogP contribution in [0.15, 0.2) is 24.3 Å². The van der Waals surface area contributed by atoms with Gasteiger partial charge >= 0.3 is 0 Å². The predicted molar refractivity (Wildman–Crippen MR) is 80.5 cm³/mol. The average Bonchev–Trinajstić information content (AvgIpc) is 2.45. The Morgan fingerprint density at radius 3 is 2.45 bits per heavy atom. The molecule has 20 heavy (non-hydrogen) atoms. The van der Waals surface area contributed by atoms with Crippen LogP contribution in [0.2, 0.25) is 0 Å². The number of nitrogens with zero attached hydrogens (tertiary/aromatic N) is 1. The minimum absolute atomic E-state index is 0.0000406. The molecule has 0 aliphatic heterocycles. The Balaban J connectivity index is 2.88. The van der Waals surface area contributed by atoms with Crippen molar-refractivity contribution in [2.45, 2.75) is 25.8 Å². The van der Waals surface area contributed by atoms with Crippen molar-refractivity contribution in [1.29, 1.82) is 0 Å². The lowest BCUT2D eigenvalue weighted by molar-refractivity contribution is -0.119. The Bertz CT molecular complexity index is 406. The van der Waals surface area contributed by atoms with Gasteiger partial charge < -0.3 is 16.2 Å². The zero-order chi connectivity index (χ0) is 15.0. The number of benzene rings is 1. The Kier molecular flexibility index (Phi) is 7.04. The molecule has 0 saturated heterocycles. The summed E-state index contributed by atoms with van der Waals surface area (Å²) in [5.41, 5.74) is 12.3. The van der Waals surface area contributed by atoms with E-state index in [-0.39, 0.29) is 18.5 Å². The van der Waals surface area contributed by atoms with Crippen LogP contribution in [0.3, 0.4) is 0 Å². The van der Waals surface area contributed by atoms with Gasteiger partial charge in [0.15, 0.2) is 0 Å². The highest BCUT2D eigenvalue weighted by atomic mass is 16.5. The maximum absolute atomic E-state index is 11.2. The van der Waals surface area contributed by atoms with Gasteiger partial charge in [-0.15, -0.1) is 0 Å². The highest BCUT2D eigenvalue weighted by Gasteiger charge is 2.20. The Morgan fingerprint density at radius 1 is 1.35 bits per heavy atom. The number of carbonyl (C=O) groups excluding carboxylic acids is 1. The molecule has 5 nitrogen and oxygen atoms in total. The second kappa shape index (κ2) is 8.55. The summed E-state index contributed by atoms with van der Waals surface area (Å²) in [6.07, 6.45) is 2.08. The molecule has 1 rings (SSSR count). The van der Waals surface area contributed by atoms with E-state index in [2.05, 4.69) is 6.92 Å². The lowest BCUT2D eigenvalue weighted by Crippen LogP contribution is -2.40. The average molecular weight is 279 g/mol. The van der Waals surface area contributed by atoms with Crippen molar-refractivity contribution in [2.24, 2.45) is 11.5 Å². The standard InChI is InChI=1S/C15H25N3O2/c1-3-4-9-18(11-15(17)19)14(10-16)12-5-7-13(20-2)8-6-12/h5-8,14H,3-4,9-11,16H2,1-2H3,(H2,17,19). The van der Waals surface area contributed by atoms with E-state index in [4.69, 9.17) is 16.2 Å². The summed E-state index contributed by atoms with van der Waals surface area (Å²) >= 11 is 0. The van der Waals surface area contributed by atoms with Gasteiger partial charge in [0.25, 0.3) is 0 Å². The molecule has 1 atom stereocenters. The molecular weight excluding hydrogens is 254 g/mol. The lowest BCUT2D eigenvalue weighted by Gasteiger charge is -2.30. The number of unbranched alkanes of at least 4 members (excludes halogenated alkanes) is 1. The quantitative estimate of drug-likeness (QED) is 0.713. The Labute approximate surface area is 120 Å². The minimum atomic E-state index is -0.326. The molecule has 0 aliphatic rings. The first-order valence-corrected chi connectivity index (χ1v) is 6.98. The first-order chi connectivity index (χ1) is 9.62. The molecule has 1 unspecified atom stereocenters. The first kappa shape index (κ1) is 16.5. The number of ether oxygens (including phenoxy) is 1. The number of nitrogens with two attached hydrogens (primary N) is 2. The maximum Gasteiger partial charge on any atom is 0.231 e. The maximum atomic E-state index is 11.2.